The van der Waals surface area contributed by atoms with Crippen molar-refractivity contribution in [3.63, 3.8) is 0 Å². The number of nitriles is 1. The Hall–Kier alpha value is -1.73. The Morgan fingerprint density at radius 3 is 2.61 bits per heavy atom. The van der Waals surface area contributed by atoms with E-state index in [2.05, 4.69) is 5.32 Å². The molecule has 0 unspecified atom stereocenters. The van der Waals surface area contributed by atoms with Gasteiger partial charge in [-0.3, -0.25) is 10.3 Å². The van der Waals surface area contributed by atoms with Crippen LogP contribution >= 0.6 is 11.6 Å². The van der Waals surface area contributed by atoms with Crippen LogP contribution in [0.15, 0.2) is 29.3 Å². The Bertz CT molecular complexity index is 633. The summed E-state index contributed by atoms with van der Waals surface area (Å²) < 4.78 is 6.06. The Kier molecular flexibility index (Phi) is 4.50. The minimum absolute atomic E-state index is 0.317. The summed E-state index contributed by atoms with van der Waals surface area (Å²) in [4.78, 5) is 4.87. The van der Waals surface area contributed by atoms with Gasteiger partial charge in [-0.1, -0.05) is 18.0 Å². The molecule has 0 amide bonds. The van der Waals surface area contributed by atoms with Crippen LogP contribution in [-0.4, -0.2) is 17.5 Å². The fraction of sp³-hybridized carbons (Fsp3) is 0.556. The molecule has 0 heterocycles. The van der Waals surface area contributed by atoms with Crippen molar-refractivity contribution in [2.75, 3.05) is 0 Å². The summed E-state index contributed by atoms with van der Waals surface area (Å²) in [7, 11) is 0. The van der Waals surface area contributed by atoms with Gasteiger partial charge in [0.05, 0.1) is 6.04 Å². The highest BCUT2D eigenvalue weighted by atomic mass is 35.5. The van der Waals surface area contributed by atoms with Crippen molar-refractivity contribution in [3.8, 4) is 11.9 Å². The van der Waals surface area contributed by atoms with Crippen molar-refractivity contribution in [2.24, 2.45) is 16.8 Å². The largest absolute Gasteiger partial charge is 0.480 e. The lowest BCUT2D eigenvalue weighted by atomic mass is 9.95. The Labute approximate surface area is 142 Å². The number of halogens is 1. The first-order valence-electron chi connectivity index (χ1n) is 8.16. The normalized spacial score (nSPS) is 26.9. The van der Waals surface area contributed by atoms with E-state index < -0.39 is 5.60 Å². The average molecular weight is 332 g/mol. The zero-order valence-electron chi connectivity index (χ0n) is 13.6. The van der Waals surface area contributed by atoms with Crippen LogP contribution in [-0.2, 0) is 0 Å². The molecule has 0 spiro atoms. The van der Waals surface area contributed by atoms with Crippen LogP contribution in [0.5, 0.6) is 5.75 Å². The summed E-state index contributed by atoms with van der Waals surface area (Å²) in [5.41, 5.74) is -0.703. The fourth-order valence-electron chi connectivity index (χ4n) is 3.77. The van der Waals surface area contributed by atoms with Crippen LogP contribution < -0.4 is 10.1 Å². The van der Waals surface area contributed by atoms with Gasteiger partial charge in [0.15, 0.2) is 17.6 Å². The molecule has 0 aromatic heterocycles. The third kappa shape index (κ3) is 3.61. The second kappa shape index (κ2) is 6.41. The van der Waals surface area contributed by atoms with E-state index in [1.807, 2.05) is 32.2 Å². The summed E-state index contributed by atoms with van der Waals surface area (Å²) >= 11 is 5.91. The van der Waals surface area contributed by atoms with Gasteiger partial charge < -0.3 is 4.74 Å². The van der Waals surface area contributed by atoms with Crippen molar-refractivity contribution in [2.45, 2.75) is 51.2 Å². The first-order chi connectivity index (χ1) is 11.0. The van der Waals surface area contributed by atoms with Crippen LogP contribution in [0.3, 0.4) is 0 Å². The number of hydrogen-bond acceptors (Lipinski definition) is 3. The molecule has 0 aliphatic heterocycles. The summed E-state index contributed by atoms with van der Waals surface area (Å²) in [6, 6.07) is 7.55. The van der Waals surface area contributed by atoms with Crippen molar-refractivity contribution in [3.05, 3.63) is 29.3 Å². The minimum Gasteiger partial charge on any atom is -0.480 e. The Morgan fingerprint density at radius 2 is 2.04 bits per heavy atom. The number of hydrogen-bond donors (Lipinski definition) is 1. The third-order valence-electron chi connectivity index (χ3n) is 4.93. The molecular formula is C18H22ClN3O. The number of nitrogens with zero attached hydrogens (tertiary/aromatic N) is 2. The molecule has 23 heavy (non-hydrogen) atoms. The molecule has 2 fully saturated rings. The fourth-order valence-corrected chi connectivity index (χ4v) is 3.90. The Morgan fingerprint density at radius 1 is 1.30 bits per heavy atom. The zero-order chi connectivity index (χ0) is 16.4. The third-order valence-corrected chi connectivity index (χ3v) is 5.18. The molecule has 2 aliphatic rings. The van der Waals surface area contributed by atoms with Gasteiger partial charge in [0, 0.05) is 5.02 Å². The minimum atomic E-state index is -0.703. The molecular weight excluding hydrogens is 310 g/mol. The smallest absolute Gasteiger partial charge is 0.182 e. The van der Waals surface area contributed by atoms with Crippen molar-refractivity contribution >= 4 is 17.4 Å². The lowest BCUT2D eigenvalue weighted by Crippen LogP contribution is -2.46. The maximum Gasteiger partial charge on any atom is 0.182 e. The predicted molar refractivity (Wildman–Crippen MR) is 91.6 cm³/mol. The SMILES string of the molecule is CC(C)(Oc1ccc(Cl)cc1)C(=N[C@H]1C[C@@H]2CC[C@H]1C2)NC#N. The number of amidine groups is 1. The number of rotatable bonds is 4. The lowest BCUT2D eigenvalue weighted by molar-refractivity contribution is 0.178. The second-order valence-electron chi connectivity index (χ2n) is 7.02. The van der Waals surface area contributed by atoms with E-state index >= 15 is 0 Å². The number of benzene rings is 1. The molecule has 3 rings (SSSR count). The van der Waals surface area contributed by atoms with Crippen LogP contribution in [0.2, 0.25) is 5.02 Å². The molecule has 1 aromatic rings. The van der Waals surface area contributed by atoms with Gasteiger partial charge in [0.2, 0.25) is 0 Å². The summed E-state index contributed by atoms with van der Waals surface area (Å²) in [5, 5.41) is 12.5. The van der Waals surface area contributed by atoms with E-state index in [-0.39, 0.29) is 0 Å². The van der Waals surface area contributed by atoms with Gasteiger partial charge in [-0.25, -0.2) is 0 Å². The van der Waals surface area contributed by atoms with Gasteiger partial charge >= 0.3 is 0 Å². The Balaban J connectivity index is 1.78. The number of aliphatic imine (C=N–C) groups is 1. The standard InChI is InChI=1S/C18H22ClN3O/c1-18(2,23-15-7-5-14(19)6-8-15)17(21-11-20)22-16-10-12-3-4-13(16)9-12/h5-8,12-13,16H,3-4,9-10H2,1-2H3,(H,21,22)/t12-,13+,16+/m1/s1. The maximum absolute atomic E-state index is 9.09. The maximum atomic E-state index is 9.09. The van der Waals surface area contributed by atoms with E-state index in [1.165, 1.54) is 19.3 Å². The van der Waals surface area contributed by atoms with Gasteiger partial charge in [-0.15, -0.1) is 0 Å². The second-order valence-corrected chi connectivity index (χ2v) is 7.46. The molecule has 3 atom stereocenters. The summed E-state index contributed by atoms with van der Waals surface area (Å²) in [6.45, 7) is 3.86. The molecule has 0 radical (unpaired) electrons. The van der Waals surface area contributed by atoms with Gasteiger partial charge in [-0.05, 0) is 69.2 Å². The number of fused-ring (bicyclic) bond motifs is 2. The van der Waals surface area contributed by atoms with E-state index in [9.17, 15) is 0 Å². The predicted octanol–water partition coefficient (Wildman–Crippen LogP) is 4.16. The first-order valence-corrected chi connectivity index (χ1v) is 8.53. The van der Waals surface area contributed by atoms with Crippen LogP contribution in [0.25, 0.3) is 0 Å². The monoisotopic (exact) mass is 331 g/mol. The summed E-state index contributed by atoms with van der Waals surface area (Å²) in [6.07, 6.45) is 7.02. The molecule has 2 bridgehead atoms. The van der Waals surface area contributed by atoms with Gasteiger partial charge in [-0.2, -0.15) is 5.26 Å². The van der Waals surface area contributed by atoms with Crippen molar-refractivity contribution < 1.29 is 4.74 Å². The molecule has 2 saturated carbocycles. The van der Waals surface area contributed by atoms with Crippen LogP contribution in [0.1, 0.15) is 39.5 Å². The highest BCUT2D eigenvalue weighted by Crippen LogP contribution is 2.46. The molecule has 1 N–H and O–H groups in total. The van der Waals surface area contributed by atoms with Crippen molar-refractivity contribution in [1.29, 1.82) is 5.26 Å². The average Bonchev–Trinajstić information content (AvgIpc) is 3.12. The van der Waals surface area contributed by atoms with E-state index in [0.717, 1.165) is 12.3 Å². The highest BCUT2D eigenvalue weighted by Gasteiger charge is 2.40. The quantitative estimate of drug-likeness (QED) is 0.390. The van der Waals surface area contributed by atoms with Crippen LogP contribution in [0, 0.1) is 23.3 Å². The molecule has 4 nitrogen and oxygen atoms in total. The molecule has 5 heteroatoms. The summed E-state index contributed by atoms with van der Waals surface area (Å²) in [5.74, 6) is 2.80. The van der Waals surface area contributed by atoms with Gasteiger partial charge in [0.25, 0.3) is 0 Å². The molecule has 0 saturated heterocycles. The first kappa shape index (κ1) is 16.1. The molecule has 1 aromatic carbocycles. The topological polar surface area (TPSA) is 57.4 Å². The molecule has 2 aliphatic carbocycles. The lowest BCUT2D eigenvalue weighted by Gasteiger charge is -2.29. The van der Waals surface area contributed by atoms with Crippen LogP contribution in [0.4, 0.5) is 0 Å². The van der Waals surface area contributed by atoms with E-state index in [4.69, 9.17) is 26.6 Å². The van der Waals surface area contributed by atoms with Crippen molar-refractivity contribution in [1.82, 2.24) is 5.32 Å². The number of nitrogens with one attached hydrogen (secondary N) is 1. The van der Waals surface area contributed by atoms with Gasteiger partial charge in [0.1, 0.15) is 5.75 Å². The zero-order valence-corrected chi connectivity index (χ0v) is 14.3. The molecule has 122 valence electrons. The van der Waals surface area contributed by atoms with E-state index in [1.54, 1.807) is 12.1 Å². The van der Waals surface area contributed by atoms with E-state index in [0.29, 0.717) is 28.6 Å². The highest BCUT2D eigenvalue weighted by molar-refractivity contribution is 6.30. The number of ether oxygens (including phenoxy) is 1.